The molecule has 0 aliphatic heterocycles. The van der Waals surface area contributed by atoms with Gasteiger partial charge in [0.1, 0.15) is 5.75 Å². The fourth-order valence-electron chi connectivity index (χ4n) is 1.09. The molecule has 1 aromatic rings. The van der Waals surface area contributed by atoms with Crippen molar-refractivity contribution in [3.8, 4) is 5.75 Å². The first-order chi connectivity index (χ1) is 7.00. The lowest BCUT2D eigenvalue weighted by Crippen LogP contribution is -2.33. The van der Waals surface area contributed by atoms with E-state index in [0.29, 0.717) is 0 Å². The Morgan fingerprint density at radius 2 is 2.13 bits per heavy atom. The summed E-state index contributed by atoms with van der Waals surface area (Å²) in [6.45, 7) is 1.55. The van der Waals surface area contributed by atoms with Crippen LogP contribution in [0.2, 0.25) is 0 Å². The van der Waals surface area contributed by atoms with Crippen LogP contribution in [0.15, 0.2) is 18.2 Å². The predicted molar refractivity (Wildman–Crippen MR) is 54.4 cm³/mol. The number of phenols is 1. The molecule has 15 heavy (non-hydrogen) atoms. The molecule has 0 saturated heterocycles. The zero-order valence-corrected chi connectivity index (χ0v) is 8.28. The number of rotatable bonds is 3. The lowest BCUT2D eigenvalue weighted by atomic mass is 10.1. The van der Waals surface area contributed by atoms with Crippen molar-refractivity contribution in [3.63, 3.8) is 0 Å². The molecule has 0 fully saturated rings. The molecule has 4 N–H and O–H groups in total. The van der Waals surface area contributed by atoms with Crippen LogP contribution in [0.5, 0.6) is 5.75 Å². The zero-order valence-electron chi connectivity index (χ0n) is 8.28. The molecule has 0 heterocycles. The smallest absolute Gasteiger partial charge is 0.255 e. The lowest BCUT2D eigenvalue weighted by molar-refractivity contribution is -0.117. The lowest BCUT2D eigenvalue weighted by Gasteiger charge is -2.05. The molecule has 0 radical (unpaired) electrons. The molecule has 80 valence electrons. The van der Waals surface area contributed by atoms with Crippen LogP contribution in [0.1, 0.15) is 15.9 Å². The van der Waals surface area contributed by atoms with Crippen LogP contribution in [0.25, 0.3) is 0 Å². The zero-order chi connectivity index (χ0) is 11.4. The van der Waals surface area contributed by atoms with Crippen LogP contribution in [0.4, 0.5) is 0 Å². The second-order valence-corrected chi connectivity index (χ2v) is 3.17. The molecule has 2 amide bonds. The van der Waals surface area contributed by atoms with Gasteiger partial charge in [-0.25, -0.2) is 0 Å². The number of amides is 2. The summed E-state index contributed by atoms with van der Waals surface area (Å²) in [5, 5.41) is 11.7. The van der Waals surface area contributed by atoms with Gasteiger partial charge in [-0.3, -0.25) is 9.59 Å². The number of aromatic hydroxyl groups is 1. The Morgan fingerprint density at radius 3 is 2.73 bits per heavy atom. The molecule has 0 aromatic heterocycles. The number of hydrogen-bond acceptors (Lipinski definition) is 3. The maximum absolute atomic E-state index is 11.4. The molecule has 0 atom stereocenters. The second kappa shape index (κ2) is 4.45. The summed E-state index contributed by atoms with van der Waals surface area (Å²) >= 11 is 0. The summed E-state index contributed by atoms with van der Waals surface area (Å²) < 4.78 is 0. The van der Waals surface area contributed by atoms with Crippen molar-refractivity contribution in [2.24, 2.45) is 5.73 Å². The van der Waals surface area contributed by atoms with E-state index in [-0.39, 0.29) is 17.9 Å². The SMILES string of the molecule is Cc1ccc(O)c(C(=O)NCC(N)=O)c1. The number of nitrogens with two attached hydrogens (primary N) is 1. The maximum atomic E-state index is 11.4. The third-order valence-electron chi connectivity index (χ3n) is 1.82. The second-order valence-electron chi connectivity index (χ2n) is 3.17. The first-order valence-corrected chi connectivity index (χ1v) is 4.37. The Bertz CT molecular complexity index is 402. The van der Waals surface area contributed by atoms with Crippen molar-refractivity contribution in [2.45, 2.75) is 6.92 Å². The van der Waals surface area contributed by atoms with Crippen LogP contribution in [0.3, 0.4) is 0 Å². The molecule has 1 rings (SSSR count). The minimum absolute atomic E-state index is 0.123. The first kappa shape index (κ1) is 11.0. The van der Waals surface area contributed by atoms with E-state index >= 15 is 0 Å². The third-order valence-corrected chi connectivity index (χ3v) is 1.82. The molecule has 1 aromatic carbocycles. The van der Waals surface area contributed by atoms with E-state index in [2.05, 4.69) is 5.32 Å². The normalized spacial score (nSPS) is 9.67. The fourth-order valence-corrected chi connectivity index (χ4v) is 1.09. The minimum atomic E-state index is -0.629. The first-order valence-electron chi connectivity index (χ1n) is 4.37. The van der Waals surface area contributed by atoms with Gasteiger partial charge in [0.2, 0.25) is 5.91 Å². The van der Waals surface area contributed by atoms with Crippen molar-refractivity contribution in [3.05, 3.63) is 29.3 Å². The monoisotopic (exact) mass is 208 g/mol. The average molecular weight is 208 g/mol. The summed E-state index contributed by atoms with van der Waals surface area (Å²) in [4.78, 5) is 21.9. The maximum Gasteiger partial charge on any atom is 0.255 e. The van der Waals surface area contributed by atoms with Crippen LogP contribution in [-0.2, 0) is 4.79 Å². The van der Waals surface area contributed by atoms with Crippen molar-refractivity contribution in [1.82, 2.24) is 5.32 Å². The summed E-state index contributed by atoms with van der Waals surface area (Å²) in [6.07, 6.45) is 0. The Hall–Kier alpha value is -2.04. The van der Waals surface area contributed by atoms with E-state index in [1.165, 1.54) is 12.1 Å². The summed E-state index contributed by atoms with van der Waals surface area (Å²) in [5.41, 5.74) is 5.85. The van der Waals surface area contributed by atoms with Crippen molar-refractivity contribution in [1.29, 1.82) is 0 Å². The molecular weight excluding hydrogens is 196 g/mol. The van der Waals surface area contributed by atoms with Gasteiger partial charge in [0.25, 0.3) is 5.91 Å². The number of nitrogens with one attached hydrogen (secondary N) is 1. The molecule has 5 nitrogen and oxygen atoms in total. The number of carbonyl (C=O) groups is 2. The van der Waals surface area contributed by atoms with Crippen LogP contribution in [0, 0.1) is 6.92 Å². The van der Waals surface area contributed by atoms with E-state index in [0.717, 1.165) is 5.56 Å². The highest BCUT2D eigenvalue weighted by atomic mass is 16.3. The Kier molecular flexibility index (Phi) is 3.28. The fraction of sp³-hybridized carbons (Fsp3) is 0.200. The van der Waals surface area contributed by atoms with Gasteiger partial charge in [0.05, 0.1) is 12.1 Å². The highest BCUT2D eigenvalue weighted by Crippen LogP contribution is 2.17. The highest BCUT2D eigenvalue weighted by Gasteiger charge is 2.11. The van der Waals surface area contributed by atoms with Crippen molar-refractivity contribution < 1.29 is 14.7 Å². The van der Waals surface area contributed by atoms with Gasteiger partial charge < -0.3 is 16.2 Å². The van der Waals surface area contributed by atoms with E-state index in [1.807, 2.05) is 0 Å². The van der Waals surface area contributed by atoms with Gasteiger partial charge in [-0.15, -0.1) is 0 Å². The van der Waals surface area contributed by atoms with Crippen molar-refractivity contribution in [2.75, 3.05) is 6.54 Å². The number of benzene rings is 1. The van der Waals surface area contributed by atoms with Gasteiger partial charge >= 0.3 is 0 Å². The minimum Gasteiger partial charge on any atom is -0.507 e. The standard InChI is InChI=1S/C10H12N2O3/c1-6-2-3-8(13)7(4-6)10(15)12-5-9(11)14/h2-4,13H,5H2,1H3,(H2,11,14)(H,12,15). The van der Waals surface area contributed by atoms with Gasteiger partial charge in [-0.1, -0.05) is 11.6 Å². The van der Waals surface area contributed by atoms with Crippen LogP contribution in [-0.4, -0.2) is 23.5 Å². The Morgan fingerprint density at radius 1 is 1.47 bits per heavy atom. The quantitative estimate of drug-likeness (QED) is 0.648. The molecule has 0 unspecified atom stereocenters. The number of aryl methyl sites for hydroxylation is 1. The molecule has 0 spiro atoms. The van der Waals surface area contributed by atoms with E-state index in [9.17, 15) is 14.7 Å². The largest absolute Gasteiger partial charge is 0.507 e. The van der Waals surface area contributed by atoms with Gasteiger partial charge in [0, 0.05) is 0 Å². The topological polar surface area (TPSA) is 92.4 Å². The summed E-state index contributed by atoms with van der Waals surface area (Å²) in [7, 11) is 0. The van der Waals surface area contributed by atoms with Gasteiger partial charge in [-0.2, -0.15) is 0 Å². The number of carbonyl (C=O) groups excluding carboxylic acids is 2. The van der Waals surface area contributed by atoms with E-state index in [1.54, 1.807) is 13.0 Å². The van der Waals surface area contributed by atoms with E-state index in [4.69, 9.17) is 5.73 Å². The van der Waals surface area contributed by atoms with Gasteiger partial charge in [0.15, 0.2) is 0 Å². The number of hydrogen-bond donors (Lipinski definition) is 3. The predicted octanol–water partition coefficient (Wildman–Crippen LogP) is -0.0843. The number of phenolic OH excluding ortho intramolecular Hbond substituents is 1. The van der Waals surface area contributed by atoms with Crippen LogP contribution < -0.4 is 11.1 Å². The average Bonchev–Trinajstić information content (AvgIpc) is 2.18. The van der Waals surface area contributed by atoms with Crippen molar-refractivity contribution >= 4 is 11.8 Å². The molecule has 0 aliphatic carbocycles. The van der Waals surface area contributed by atoms with Gasteiger partial charge in [-0.05, 0) is 19.1 Å². The third kappa shape index (κ3) is 2.98. The van der Waals surface area contributed by atoms with E-state index < -0.39 is 11.8 Å². The number of primary amides is 1. The molecule has 5 heteroatoms. The Balaban J connectivity index is 2.81. The highest BCUT2D eigenvalue weighted by molar-refractivity contribution is 5.98. The molecule has 0 aliphatic rings. The molecule has 0 saturated carbocycles. The molecule has 0 bridgehead atoms. The Labute approximate surface area is 86.9 Å². The van der Waals surface area contributed by atoms with Crippen LogP contribution >= 0.6 is 0 Å². The summed E-state index contributed by atoms with van der Waals surface area (Å²) in [6, 6.07) is 4.64. The molecular formula is C10H12N2O3. The summed E-state index contributed by atoms with van der Waals surface area (Å²) in [5.74, 6) is -1.27.